The van der Waals surface area contributed by atoms with Crippen molar-refractivity contribution < 1.29 is 0 Å². The Bertz CT molecular complexity index is 1060. The van der Waals surface area contributed by atoms with Gasteiger partial charge in [-0.05, 0) is 12.1 Å². The monoisotopic (exact) mass is 376 g/mol. The first-order chi connectivity index (χ1) is 12.7. The van der Waals surface area contributed by atoms with Crippen LogP contribution in [0, 0.1) is 0 Å². The molecule has 2 nitrogen and oxygen atoms in total. The molecule has 0 atom stereocenters. The van der Waals surface area contributed by atoms with Gasteiger partial charge in [-0.3, -0.25) is 4.98 Å². The molecule has 0 fully saturated rings. The number of nitrogens with zero attached hydrogens (tertiary/aromatic N) is 2. The van der Waals surface area contributed by atoms with Crippen LogP contribution in [0.4, 0.5) is 0 Å². The Morgan fingerprint density at radius 1 is 0.577 bits per heavy atom. The zero-order valence-corrected chi connectivity index (χ0v) is 15.2. The van der Waals surface area contributed by atoms with Crippen LogP contribution in [0.2, 0.25) is 10.0 Å². The third-order valence-electron chi connectivity index (χ3n) is 4.10. The van der Waals surface area contributed by atoms with Crippen molar-refractivity contribution in [2.24, 2.45) is 0 Å². The number of halogens is 2. The summed E-state index contributed by atoms with van der Waals surface area (Å²) >= 11 is 12.9. The van der Waals surface area contributed by atoms with E-state index in [-0.39, 0.29) is 0 Å². The maximum absolute atomic E-state index is 6.46. The van der Waals surface area contributed by atoms with E-state index in [2.05, 4.69) is 0 Å². The molecule has 4 rings (SSSR count). The van der Waals surface area contributed by atoms with Gasteiger partial charge in [-0.1, -0.05) is 89.9 Å². The number of aromatic nitrogens is 2. The summed E-state index contributed by atoms with van der Waals surface area (Å²) in [6.45, 7) is 0. The van der Waals surface area contributed by atoms with Gasteiger partial charge in [0.05, 0.1) is 33.3 Å². The highest BCUT2D eigenvalue weighted by Gasteiger charge is 2.17. The van der Waals surface area contributed by atoms with Crippen molar-refractivity contribution in [3.05, 3.63) is 95.1 Å². The van der Waals surface area contributed by atoms with Gasteiger partial charge in [-0.15, -0.1) is 0 Å². The first-order valence-corrected chi connectivity index (χ1v) is 8.92. The average Bonchev–Trinajstić information content (AvgIpc) is 2.69. The lowest BCUT2D eigenvalue weighted by molar-refractivity contribution is 1.21. The van der Waals surface area contributed by atoms with Crippen molar-refractivity contribution in [3.63, 3.8) is 0 Å². The van der Waals surface area contributed by atoms with E-state index in [0.717, 1.165) is 22.4 Å². The van der Waals surface area contributed by atoms with Gasteiger partial charge in [0.15, 0.2) is 0 Å². The van der Waals surface area contributed by atoms with Crippen molar-refractivity contribution in [2.45, 2.75) is 0 Å². The van der Waals surface area contributed by atoms with Gasteiger partial charge >= 0.3 is 0 Å². The normalized spacial score (nSPS) is 10.7. The van der Waals surface area contributed by atoms with Crippen LogP contribution in [0.25, 0.3) is 33.8 Å². The minimum Gasteiger partial charge on any atom is -0.252 e. The molecule has 0 bridgehead atoms. The summed E-state index contributed by atoms with van der Waals surface area (Å²) < 4.78 is 0. The average molecular weight is 377 g/mol. The number of benzene rings is 3. The van der Waals surface area contributed by atoms with Crippen LogP contribution in [-0.4, -0.2) is 9.97 Å². The highest BCUT2D eigenvalue weighted by Crippen LogP contribution is 2.37. The summed E-state index contributed by atoms with van der Waals surface area (Å²) in [7, 11) is 0. The molecule has 0 saturated heterocycles. The van der Waals surface area contributed by atoms with Crippen molar-refractivity contribution in [3.8, 4) is 33.8 Å². The van der Waals surface area contributed by atoms with E-state index < -0.39 is 0 Å². The second-order valence-corrected chi connectivity index (χ2v) is 6.59. The molecule has 4 heteroatoms. The molecule has 0 N–H and O–H groups in total. The fourth-order valence-electron chi connectivity index (χ4n) is 2.83. The Morgan fingerprint density at radius 3 is 1.73 bits per heavy atom. The predicted octanol–water partition coefficient (Wildman–Crippen LogP) is 6.78. The smallest absolute Gasteiger partial charge is 0.0988 e. The second-order valence-electron chi connectivity index (χ2n) is 5.78. The molecule has 0 radical (unpaired) electrons. The van der Waals surface area contributed by atoms with Crippen molar-refractivity contribution in [2.75, 3.05) is 0 Å². The van der Waals surface area contributed by atoms with Crippen LogP contribution >= 0.6 is 23.2 Å². The van der Waals surface area contributed by atoms with Crippen molar-refractivity contribution >= 4 is 23.2 Å². The van der Waals surface area contributed by atoms with E-state index in [1.807, 2.05) is 78.9 Å². The molecular formula is C22H14Cl2N2. The van der Waals surface area contributed by atoms with Gasteiger partial charge in [-0.25, -0.2) is 4.98 Å². The molecule has 26 heavy (non-hydrogen) atoms. The topological polar surface area (TPSA) is 25.8 Å². The Labute approximate surface area is 162 Å². The molecule has 0 unspecified atom stereocenters. The third-order valence-corrected chi connectivity index (χ3v) is 4.76. The SMILES string of the molecule is Clc1ccccc1-c1ncc(-c2ccccc2)nc1-c1ccccc1Cl. The van der Waals surface area contributed by atoms with Crippen LogP contribution in [0.15, 0.2) is 85.1 Å². The van der Waals surface area contributed by atoms with Crippen LogP contribution in [0.3, 0.4) is 0 Å². The molecule has 3 aromatic carbocycles. The Morgan fingerprint density at radius 2 is 1.12 bits per heavy atom. The number of rotatable bonds is 3. The molecule has 0 spiro atoms. The summed E-state index contributed by atoms with van der Waals surface area (Å²) in [5.41, 5.74) is 4.87. The molecule has 0 aliphatic carbocycles. The first-order valence-electron chi connectivity index (χ1n) is 8.16. The molecule has 0 amide bonds. The van der Waals surface area contributed by atoms with Crippen LogP contribution in [0.1, 0.15) is 0 Å². The van der Waals surface area contributed by atoms with E-state index in [0.29, 0.717) is 21.4 Å². The quantitative estimate of drug-likeness (QED) is 0.393. The lowest BCUT2D eigenvalue weighted by atomic mass is 10.0. The third kappa shape index (κ3) is 3.22. The Hall–Kier alpha value is -2.68. The van der Waals surface area contributed by atoms with Gasteiger partial charge in [0.1, 0.15) is 0 Å². The zero-order chi connectivity index (χ0) is 17.9. The van der Waals surface area contributed by atoms with E-state index in [1.165, 1.54) is 0 Å². The minimum absolute atomic E-state index is 0.625. The van der Waals surface area contributed by atoms with Gasteiger partial charge < -0.3 is 0 Å². The maximum atomic E-state index is 6.46. The van der Waals surface area contributed by atoms with Crippen LogP contribution in [-0.2, 0) is 0 Å². The van der Waals surface area contributed by atoms with Gasteiger partial charge in [0, 0.05) is 16.7 Å². The molecule has 1 heterocycles. The van der Waals surface area contributed by atoms with Gasteiger partial charge in [0.2, 0.25) is 0 Å². The molecule has 0 aliphatic heterocycles. The summed E-state index contributed by atoms with van der Waals surface area (Å²) in [5, 5.41) is 1.25. The molecule has 1 aromatic heterocycles. The van der Waals surface area contributed by atoms with Crippen molar-refractivity contribution in [1.29, 1.82) is 0 Å². The predicted molar refractivity (Wildman–Crippen MR) is 108 cm³/mol. The van der Waals surface area contributed by atoms with Crippen molar-refractivity contribution in [1.82, 2.24) is 9.97 Å². The lowest BCUT2D eigenvalue weighted by Gasteiger charge is -2.13. The zero-order valence-electron chi connectivity index (χ0n) is 13.7. The Kier molecular flexibility index (Phi) is 4.70. The van der Waals surface area contributed by atoms with Crippen LogP contribution < -0.4 is 0 Å². The molecule has 126 valence electrons. The fourth-order valence-corrected chi connectivity index (χ4v) is 3.28. The van der Waals surface area contributed by atoms with Crippen LogP contribution in [0.5, 0.6) is 0 Å². The summed E-state index contributed by atoms with van der Waals surface area (Å²) in [6.07, 6.45) is 1.77. The first kappa shape index (κ1) is 16.8. The lowest BCUT2D eigenvalue weighted by Crippen LogP contribution is -1.97. The molecular weight excluding hydrogens is 363 g/mol. The minimum atomic E-state index is 0.625. The number of hydrogen-bond donors (Lipinski definition) is 0. The van der Waals surface area contributed by atoms with E-state index >= 15 is 0 Å². The maximum Gasteiger partial charge on any atom is 0.0988 e. The van der Waals surface area contributed by atoms with E-state index in [4.69, 9.17) is 33.2 Å². The molecule has 4 aromatic rings. The van der Waals surface area contributed by atoms with Gasteiger partial charge in [-0.2, -0.15) is 0 Å². The highest BCUT2D eigenvalue weighted by atomic mass is 35.5. The standard InChI is InChI=1S/C22H14Cl2N2/c23-18-12-6-4-10-16(18)21-22(17-11-5-7-13-19(17)24)26-20(14-25-21)15-8-2-1-3-9-15/h1-14H. The van der Waals surface area contributed by atoms with E-state index in [9.17, 15) is 0 Å². The molecule has 0 aliphatic rings. The fraction of sp³-hybridized carbons (Fsp3) is 0. The highest BCUT2D eigenvalue weighted by molar-refractivity contribution is 6.34. The summed E-state index contributed by atoms with van der Waals surface area (Å²) in [4.78, 5) is 9.58. The Balaban J connectivity index is 1.98. The second kappa shape index (κ2) is 7.28. The largest absolute Gasteiger partial charge is 0.252 e. The van der Waals surface area contributed by atoms with E-state index in [1.54, 1.807) is 6.20 Å². The molecule has 0 saturated carbocycles. The van der Waals surface area contributed by atoms with Gasteiger partial charge in [0.25, 0.3) is 0 Å². The summed E-state index contributed by atoms with van der Waals surface area (Å²) in [6, 6.07) is 25.2. The number of hydrogen-bond acceptors (Lipinski definition) is 2. The summed E-state index contributed by atoms with van der Waals surface area (Å²) in [5.74, 6) is 0.